The highest BCUT2D eigenvalue weighted by atomic mass is 16.5. The topological polar surface area (TPSA) is 58.2 Å². The summed E-state index contributed by atoms with van der Waals surface area (Å²) in [5, 5.41) is 6.58. The largest absolute Gasteiger partial charge is 0.497 e. The molecule has 0 atom stereocenters. The Morgan fingerprint density at radius 2 is 2.33 bits per heavy atom. The molecule has 1 aromatic carbocycles. The van der Waals surface area contributed by atoms with E-state index < -0.39 is 0 Å². The minimum absolute atomic E-state index is 0.0462. The maximum atomic E-state index is 12.2. The molecular formula is C13H15N3O2. The molecule has 0 bridgehead atoms. The van der Waals surface area contributed by atoms with E-state index in [9.17, 15) is 4.79 Å². The van der Waals surface area contributed by atoms with Crippen LogP contribution in [0.2, 0.25) is 0 Å². The van der Waals surface area contributed by atoms with Crippen LogP contribution in [0.5, 0.6) is 5.75 Å². The summed E-state index contributed by atoms with van der Waals surface area (Å²) in [5.41, 5.74) is 1.58. The van der Waals surface area contributed by atoms with Crippen molar-refractivity contribution >= 4 is 5.91 Å². The zero-order chi connectivity index (χ0) is 13.0. The van der Waals surface area contributed by atoms with Crippen molar-refractivity contribution in [1.82, 2.24) is 15.1 Å². The van der Waals surface area contributed by atoms with Crippen molar-refractivity contribution in [3.63, 3.8) is 0 Å². The number of carbonyl (C=O) groups is 1. The second kappa shape index (κ2) is 5.35. The molecule has 2 rings (SSSR count). The lowest BCUT2D eigenvalue weighted by molar-refractivity contribution is 0.0785. The molecule has 0 spiro atoms. The van der Waals surface area contributed by atoms with E-state index in [1.807, 2.05) is 6.07 Å². The Kier molecular flexibility index (Phi) is 3.62. The van der Waals surface area contributed by atoms with Crippen molar-refractivity contribution in [2.45, 2.75) is 6.54 Å². The number of nitrogens with zero attached hydrogens (tertiary/aromatic N) is 2. The van der Waals surface area contributed by atoms with Gasteiger partial charge in [-0.1, -0.05) is 6.07 Å². The summed E-state index contributed by atoms with van der Waals surface area (Å²) in [5.74, 6) is 0.632. The Labute approximate surface area is 105 Å². The van der Waals surface area contributed by atoms with Gasteiger partial charge in [0.25, 0.3) is 5.91 Å². The number of hydrogen-bond donors (Lipinski definition) is 1. The molecule has 0 unspecified atom stereocenters. The fourth-order valence-electron chi connectivity index (χ4n) is 1.69. The maximum Gasteiger partial charge on any atom is 0.254 e. The molecule has 18 heavy (non-hydrogen) atoms. The van der Waals surface area contributed by atoms with E-state index in [4.69, 9.17) is 4.74 Å². The normalized spacial score (nSPS) is 10.1. The first-order chi connectivity index (χ1) is 8.70. The number of rotatable bonds is 4. The first kappa shape index (κ1) is 12.2. The van der Waals surface area contributed by atoms with Gasteiger partial charge in [0.05, 0.1) is 13.3 Å². The lowest BCUT2D eigenvalue weighted by Gasteiger charge is -2.16. The van der Waals surface area contributed by atoms with Crippen molar-refractivity contribution in [2.24, 2.45) is 0 Å². The predicted molar refractivity (Wildman–Crippen MR) is 67.4 cm³/mol. The van der Waals surface area contributed by atoms with Gasteiger partial charge in [-0.3, -0.25) is 9.89 Å². The molecule has 0 aliphatic heterocycles. The summed E-state index contributed by atoms with van der Waals surface area (Å²) in [6, 6.07) is 7.12. The van der Waals surface area contributed by atoms with E-state index in [2.05, 4.69) is 10.2 Å². The van der Waals surface area contributed by atoms with Crippen LogP contribution >= 0.6 is 0 Å². The van der Waals surface area contributed by atoms with Crippen LogP contribution in [-0.4, -0.2) is 35.2 Å². The summed E-state index contributed by atoms with van der Waals surface area (Å²) in [6.07, 6.45) is 3.48. The SMILES string of the molecule is COc1cccc(C(=O)N(C)Cc2cn[nH]c2)c1. The molecule has 5 nitrogen and oxygen atoms in total. The Bertz CT molecular complexity index is 523. The molecule has 1 N–H and O–H groups in total. The highest BCUT2D eigenvalue weighted by molar-refractivity contribution is 5.94. The number of methoxy groups -OCH3 is 1. The number of hydrogen-bond acceptors (Lipinski definition) is 3. The summed E-state index contributed by atoms with van der Waals surface area (Å²) in [6.45, 7) is 0.520. The fourth-order valence-corrected chi connectivity index (χ4v) is 1.69. The molecule has 0 radical (unpaired) electrons. The van der Waals surface area contributed by atoms with Crippen molar-refractivity contribution in [1.29, 1.82) is 0 Å². The average molecular weight is 245 g/mol. The van der Waals surface area contributed by atoms with Crippen molar-refractivity contribution < 1.29 is 9.53 Å². The van der Waals surface area contributed by atoms with Crippen LogP contribution in [0.25, 0.3) is 0 Å². The standard InChI is InChI=1S/C13H15N3O2/c1-16(9-10-7-14-15-8-10)13(17)11-4-3-5-12(6-11)18-2/h3-8H,9H2,1-2H3,(H,14,15). The van der Waals surface area contributed by atoms with Gasteiger partial charge in [0, 0.05) is 30.9 Å². The second-order valence-electron chi connectivity index (χ2n) is 4.00. The number of nitrogens with one attached hydrogen (secondary N) is 1. The van der Waals surface area contributed by atoms with E-state index in [-0.39, 0.29) is 5.91 Å². The number of benzene rings is 1. The molecule has 1 heterocycles. The van der Waals surface area contributed by atoms with Crippen LogP contribution in [-0.2, 0) is 6.54 Å². The van der Waals surface area contributed by atoms with E-state index in [0.717, 1.165) is 5.56 Å². The number of H-pyrrole nitrogens is 1. The zero-order valence-electron chi connectivity index (χ0n) is 10.4. The minimum Gasteiger partial charge on any atom is -0.497 e. The molecule has 0 fully saturated rings. The van der Waals surface area contributed by atoms with Crippen LogP contribution in [0, 0.1) is 0 Å². The molecule has 0 saturated carbocycles. The third kappa shape index (κ3) is 2.68. The van der Waals surface area contributed by atoms with E-state index in [0.29, 0.717) is 17.9 Å². The van der Waals surface area contributed by atoms with Crippen LogP contribution < -0.4 is 4.74 Å². The van der Waals surface area contributed by atoms with Crippen LogP contribution in [0.1, 0.15) is 15.9 Å². The van der Waals surface area contributed by atoms with Crippen LogP contribution in [0.15, 0.2) is 36.7 Å². The lowest BCUT2D eigenvalue weighted by atomic mass is 10.2. The molecule has 0 aliphatic rings. The summed E-state index contributed by atoms with van der Waals surface area (Å²) in [7, 11) is 3.34. The molecule has 94 valence electrons. The number of carbonyl (C=O) groups excluding carboxylic acids is 1. The fraction of sp³-hybridized carbons (Fsp3) is 0.231. The lowest BCUT2D eigenvalue weighted by Crippen LogP contribution is -2.25. The number of aromatic amines is 1. The quantitative estimate of drug-likeness (QED) is 0.891. The van der Waals surface area contributed by atoms with Gasteiger partial charge < -0.3 is 9.64 Å². The van der Waals surface area contributed by atoms with Crippen molar-refractivity contribution in [3.8, 4) is 5.75 Å². The maximum absolute atomic E-state index is 12.2. The minimum atomic E-state index is -0.0462. The molecule has 1 aromatic heterocycles. The Hall–Kier alpha value is -2.30. The molecule has 1 amide bonds. The molecular weight excluding hydrogens is 230 g/mol. The zero-order valence-corrected chi connectivity index (χ0v) is 10.4. The predicted octanol–water partition coefficient (Wildman–Crippen LogP) is 1.69. The number of amides is 1. The van der Waals surface area contributed by atoms with Gasteiger partial charge in [-0.25, -0.2) is 0 Å². The highest BCUT2D eigenvalue weighted by Gasteiger charge is 2.12. The van der Waals surface area contributed by atoms with E-state index in [1.54, 1.807) is 49.7 Å². The van der Waals surface area contributed by atoms with Gasteiger partial charge in [0.15, 0.2) is 0 Å². The number of ether oxygens (including phenoxy) is 1. The monoisotopic (exact) mass is 245 g/mol. The Morgan fingerprint density at radius 3 is 3.00 bits per heavy atom. The highest BCUT2D eigenvalue weighted by Crippen LogP contribution is 2.14. The third-order valence-corrected chi connectivity index (χ3v) is 2.64. The van der Waals surface area contributed by atoms with Gasteiger partial charge in [-0.15, -0.1) is 0 Å². The Balaban J connectivity index is 2.10. The van der Waals surface area contributed by atoms with Gasteiger partial charge >= 0.3 is 0 Å². The van der Waals surface area contributed by atoms with Gasteiger partial charge in [-0.05, 0) is 18.2 Å². The molecule has 5 heteroatoms. The summed E-state index contributed by atoms with van der Waals surface area (Å²) < 4.78 is 5.10. The molecule has 0 saturated heterocycles. The molecule has 2 aromatic rings. The van der Waals surface area contributed by atoms with E-state index in [1.165, 1.54) is 0 Å². The second-order valence-corrected chi connectivity index (χ2v) is 4.00. The van der Waals surface area contributed by atoms with Crippen molar-refractivity contribution in [3.05, 3.63) is 47.8 Å². The van der Waals surface area contributed by atoms with Gasteiger partial charge in [0.2, 0.25) is 0 Å². The smallest absolute Gasteiger partial charge is 0.254 e. The van der Waals surface area contributed by atoms with E-state index >= 15 is 0 Å². The first-order valence-corrected chi connectivity index (χ1v) is 5.58. The average Bonchev–Trinajstić information content (AvgIpc) is 2.90. The van der Waals surface area contributed by atoms with Gasteiger partial charge in [-0.2, -0.15) is 5.10 Å². The first-order valence-electron chi connectivity index (χ1n) is 5.58. The van der Waals surface area contributed by atoms with Crippen LogP contribution in [0.3, 0.4) is 0 Å². The van der Waals surface area contributed by atoms with Crippen molar-refractivity contribution in [2.75, 3.05) is 14.2 Å². The van der Waals surface area contributed by atoms with Crippen LogP contribution in [0.4, 0.5) is 0 Å². The number of aromatic nitrogens is 2. The van der Waals surface area contributed by atoms with Gasteiger partial charge in [0.1, 0.15) is 5.75 Å². The third-order valence-electron chi connectivity index (χ3n) is 2.64. The summed E-state index contributed by atoms with van der Waals surface area (Å²) in [4.78, 5) is 13.8. The Morgan fingerprint density at radius 1 is 1.50 bits per heavy atom. The molecule has 0 aliphatic carbocycles. The summed E-state index contributed by atoms with van der Waals surface area (Å²) >= 11 is 0.